The van der Waals surface area contributed by atoms with Gasteiger partial charge < -0.3 is 9.32 Å². The van der Waals surface area contributed by atoms with Crippen LogP contribution in [0.25, 0.3) is 11.0 Å². The first-order chi connectivity index (χ1) is 13.0. The van der Waals surface area contributed by atoms with Crippen LogP contribution >= 0.6 is 27.3 Å². The number of carbonyl (C=O) groups is 1. The molecule has 1 saturated heterocycles. The number of thiazole rings is 1. The Morgan fingerprint density at radius 1 is 1.30 bits per heavy atom. The van der Waals surface area contributed by atoms with Crippen LogP contribution < -0.4 is 0 Å². The number of carbonyl (C=O) groups excluding carboxylic acids is 1. The van der Waals surface area contributed by atoms with Gasteiger partial charge in [-0.25, -0.2) is 4.98 Å². The van der Waals surface area contributed by atoms with Gasteiger partial charge in [0.1, 0.15) is 5.58 Å². The zero-order valence-corrected chi connectivity index (χ0v) is 17.9. The molecule has 0 spiro atoms. The fourth-order valence-electron chi connectivity index (χ4n) is 3.46. The van der Waals surface area contributed by atoms with E-state index in [0.717, 1.165) is 52.8 Å². The minimum Gasteiger partial charge on any atom is -0.451 e. The van der Waals surface area contributed by atoms with Gasteiger partial charge in [-0.1, -0.05) is 22.9 Å². The number of aryl methyl sites for hydroxylation is 2. The van der Waals surface area contributed by atoms with E-state index in [0.29, 0.717) is 18.8 Å². The summed E-state index contributed by atoms with van der Waals surface area (Å²) in [6.07, 6.45) is 0.986. The molecule has 4 rings (SSSR count). The van der Waals surface area contributed by atoms with Crippen LogP contribution in [0.5, 0.6) is 0 Å². The fourth-order valence-corrected chi connectivity index (χ4v) is 4.56. The first-order valence-electron chi connectivity index (χ1n) is 9.18. The van der Waals surface area contributed by atoms with E-state index in [9.17, 15) is 4.79 Å². The molecule has 1 fully saturated rings. The van der Waals surface area contributed by atoms with Crippen LogP contribution in [-0.4, -0.2) is 46.9 Å². The zero-order valence-electron chi connectivity index (χ0n) is 15.5. The van der Waals surface area contributed by atoms with Gasteiger partial charge in [-0.05, 0) is 31.5 Å². The van der Waals surface area contributed by atoms with Crippen LogP contribution in [0.2, 0.25) is 0 Å². The quantitative estimate of drug-likeness (QED) is 0.591. The monoisotopic (exact) mass is 447 g/mol. The van der Waals surface area contributed by atoms with E-state index in [-0.39, 0.29) is 5.91 Å². The molecule has 0 aliphatic carbocycles. The standard InChI is InChI=1S/C20H22BrN3O2S/c1-3-18-22-15(12-27-18)11-23-6-8-24(9-7-23)20(25)19-13(2)16-10-14(21)4-5-17(16)26-19/h4-5,10,12H,3,6-9,11H2,1-2H3. The van der Waals surface area contributed by atoms with Crippen LogP contribution in [0.4, 0.5) is 0 Å². The SMILES string of the molecule is CCc1nc(CN2CCN(C(=O)c3oc4ccc(Br)cc4c3C)CC2)cs1. The molecule has 1 aliphatic heterocycles. The predicted molar refractivity (Wildman–Crippen MR) is 111 cm³/mol. The van der Waals surface area contributed by atoms with Crippen molar-refractivity contribution in [3.63, 3.8) is 0 Å². The average molecular weight is 448 g/mol. The van der Waals surface area contributed by atoms with Crippen LogP contribution in [0, 0.1) is 6.92 Å². The molecule has 0 unspecified atom stereocenters. The number of halogens is 1. The van der Waals surface area contributed by atoms with E-state index >= 15 is 0 Å². The molecule has 0 saturated carbocycles. The van der Waals surface area contributed by atoms with Gasteiger partial charge in [-0.3, -0.25) is 9.69 Å². The number of benzene rings is 1. The van der Waals surface area contributed by atoms with E-state index in [2.05, 4.69) is 38.1 Å². The maximum atomic E-state index is 13.0. The number of rotatable bonds is 4. The Hall–Kier alpha value is -1.70. The van der Waals surface area contributed by atoms with Crippen molar-refractivity contribution in [1.29, 1.82) is 0 Å². The number of piperazine rings is 1. The molecule has 3 heterocycles. The van der Waals surface area contributed by atoms with E-state index in [1.165, 1.54) is 5.01 Å². The number of amides is 1. The first kappa shape index (κ1) is 18.7. The summed E-state index contributed by atoms with van der Waals surface area (Å²) in [6, 6.07) is 5.83. The Balaban J connectivity index is 1.42. The predicted octanol–water partition coefficient (Wildman–Crippen LogP) is 4.48. The van der Waals surface area contributed by atoms with Gasteiger partial charge in [0.25, 0.3) is 5.91 Å². The minimum absolute atomic E-state index is 0.0126. The topological polar surface area (TPSA) is 49.6 Å². The van der Waals surface area contributed by atoms with Crippen LogP contribution in [0.1, 0.15) is 33.7 Å². The molecule has 7 heteroatoms. The van der Waals surface area contributed by atoms with Crippen molar-refractivity contribution < 1.29 is 9.21 Å². The highest BCUT2D eigenvalue weighted by atomic mass is 79.9. The highest BCUT2D eigenvalue weighted by Crippen LogP contribution is 2.29. The van der Waals surface area contributed by atoms with Gasteiger partial charge in [0.2, 0.25) is 0 Å². The van der Waals surface area contributed by atoms with E-state index < -0.39 is 0 Å². The summed E-state index contributed by atoms with van der Waals surface area (Å²) in [5.74, 6) is 0.449. The first-order valence-corrected chi connectivity index (χ1v) is 10.9. The molecule has 0 radical (unpaired) electrons. The van der Waals surface area contributed by atoms with Gasteiger partial charge >= 0.3 is 0 Å². The number of aromatic nitrogens is 1. The Morgan fingerprint density at radius 2 is 2.07 bits per heavy atom. The second-order valence-corrected chi connectivity index (χ2v) is 8.71. The largest absolute Gasteiger partial charge is 0.451 e. The molecule has 0 N–H and O–H groups in total. The van der Waals surface area contributed by atoms with Crippen molar-refractivity contribution in [1.82, 2.24) is 14.8 Å². The third-order valence-corrected chi connectivity index (χ3v) is 6.57. The Kier molecular flexibility index (Phi) is 5.34. The second-order valence-electron chi connectivity index (χ2n) is 6.85. The lowest BCUT2D eigenvalue weighted by Crippen LogP contribution is -2.48. The Labute approximate surface area is 171 Å². The zero-order chi connectivity index (χ0) is 19.0. The maximum absolute atomic E-state index is 13.0. The maximum Gasteiger partial charge on any atom is 0.289 e. The van der Waals surface area contributed by atoms with E-state index in [1.807, 2.05) is 30.0 Å². The fraction of sp³-hybridized carbons (Fsp3) is 0.400. The number of hydrogen-bond donors (Lipinski definition) is 0. The summed E-state index contributed by atoms with van der Waals surface area (Å²) in [6.45, 7) is 8.08. The number of hydrogen-bond acceptors (Lipinski definition) is 5. The molecular weight excluding hydrogens is 426 g/mol. The molecule has 5 nitrogen and oxygen atoms in total. The summed E-state index contributed by atoms with van der Waals surface area (Å²) in [7, 11) is 0. The number of furan rings is 1. The summed E-state index contributed by atoms with van der Waals surface area (Å²) in [5, 5.41) is 4.32. The van der Waals surface area contributed by atoms with Gasteiger partial charge in [0.15, 0.2) is 5.76 Å². The van der Waals surface area contributed by atoms with E-state index in [4.69, 9.17) is 4.42 Å². The van der Waals surface area contributed by atoms with Crippen molar-refractivity contribution in [2.75, 3.05) is 26.2 Å². The smallest absolute Gasteiger partial charge is 0.289 e. The summed E-state index contributed by atoms with van der Waals surface area (Å²) < 4.78 is 6.86. The second kappa shape index (κ2) is 7.73. The summed E-state index contributed by atoms with van der Waals surface area (Å²) in [5.41, 5.74) is 2.80. The highest BCUT2D eigenvalue weighted by Gasteiger charge is 2.27. The van der Waals surface area contributed by atoms with Gasteiger partial charge in [0, 0.05) is 53.5 Å². The Morgan fingerprint density at radius 3 is 2.78 bits per heavy atom. The molecule has 142 valence electrons. The lowest BCUT2D eigenvalue weighted by molar-refractivity contribution is 0.0598. The lowest BCUT2D eigenvalue weighted by Gasteiger charge is -2.34. The molecular formula is C20H22BrN3O2S. The summed E-state index contributed by atoms with van der Waals surface area (Å²) >= 11 is 5.21. The average Bonchev–Trinajstić information content (AvgIpc) is 3.26. The normalized spacial score (nSPS) is 15.6. The Bertz CT molecular complexity index is 973. The van der Waals surface area contributed by atoms with Gasteiger partial charge in [0.05, 0.1) is 10.7 Å². The highest BCUT2D eigenvalue weighted by molar-refractivity contribution is 9.10. The molecule has 0 bridgehead atoms. The number of fused-ring (bicyclic) bond motifs is 1. The minimum atomic E-state index is -0.0126. The van der Waals surface area contributed by atoms with E-state index in [1.54, 1.807) is 11.3 Å². The van der Waals surface area contributed by atoms with Crippen LogP contribution in [-0.2, 0) is 13.0 Å². The van der Waals surface area contributed by atoms with Gasteiger partial charge in [-0.15, -0.1) is 11.3 Å². The van der Waals surface area contributed by atoms with Gasteiger partial charge in [-0.2, -0.15) is 0 Å². The van der Waals surface area contributed by atoms with Crippen LogP contribution in [0.3, 0.4) is 0 Å². The summed E-state index contributed by atoms with van der Waals surface area (Å²) in [4.78, 5) is 21.9. The van der Waals surface area contributed by atoms with Crippen molar-refractivity contribution in [2.45, 2.75) is 26.8 Å². The van der Waals surface area contributed by atoms with Crippen molar-refractivity contribution >= 4 is 44.1 Å². The van der Waals surface area contributed by atoms with Crippen molar-refractivity contribution in [3.8, 4) is 0 Å². The molecule has 1 amide bonds. The molecule has 1 aliphatic rings. The van der Waals surface area contributed by atoms with Crippen LogP contribution in [0.15, 0.2) is 32.5 Å². The molecule has 3 aromatic rings. The third kappa shape index (κ3) is 3.81. The number of nitrogens with zero attached hydrogens (tertiary/aromatic N) is 3. The van der Waals surface area contributed by atoms with Crippen molar-refractivity contribution in [2.24, 2.45) is 0 Å². The van der Waals surface area contributed by atoms with Crippen molar-refractivity contribution in [3.05, 3.63) is 50.1 Å². The molecule has 1 aromatic carbocycles. The molecule has 0 atom stereocenters. The molecule has 27 heavy (non-hydrogen) atoms. The molecule has 2 aromatic heterocycles. The lowest BCUT2D eigenvalue weighted by atomic mass is 10.1. The third-order valence-electron chi connectivity index (χ3n) is 5.04.